The minimum atomic E-state index is -0.342. The van der Waals surface area contributed by atoms with Gasteiger partial charge in [0, 0.05) is 53.9 Å². The summed E-state index contributed by atoms with van der Waals surface area (Å²) in [7, 11) is 0. The first-order chi connectivity index (χ1) is 11.6. The molecule has 0 saturated carbocycles. The smallest absolute Gasteiger partial charge is 0.275 e. The molecule has 0 spiro atoms. The van der Waals surface area contributed by atoms with E-state index in [1.165, 1.54) is 6.07 Å². The molecule has 5 nitrogen and oxygen atoms in total. The maximum atomic E-state index is 14.0. The number of fused-ring (bicyclic) bond motifs is 1. The van der Waals surface area contributed by atoms with Crippen LogP contribution in [-0.4, -0.2) is 34.1 Å². The van der Waals surface area contributed by atoms with Gasteiger partial charge in [-0.15, -0.1) is 19.0 Å². The topological polar surface area (TPSA) is 61.0 Å². The van der Waals surface area contributed by atoms with Crippen molar-refractivity contribution in [2.24, 2.45) is 0 Å². The highest BCUT2D eigenvalue weighted by molar-refractivity contribution is 9.10. The van der Waals surface area contributed by atoms with Gasteiger partial charge in [0.25, 0.3) is 5.91 Å². The first kappa shape index (κ1) is 19.6. The molecule has 1 aliphatic heterocycles. The number of amides is 1. The molecule has 0 bridgehead atoms. The summed E-state index contributed by atoms with van der Waals surface area (Å²) in [6.45, 7) is 5.65. The van der Waals surface area contributed by atoms with E-state index in [2.05, 4.69) is 38.0 Å². The number of carbonyl (C=O) groups excluding carboxylic acids is 1. The fourth-order valence-corrected chi connectivity index (χ4v) is 3.21. The second-order valence-corrected chi connectivity index (χ2v) is 6.58. The van der Waals surface area contributed by atoms with Crippen LogP contribution in [0.1, 0.15) is 27.3 Å². The molecule has 8 heteroatoms. The van der Waals surface area contributed by atoms with Crippen molar-refractivity contribution < 1.29 is 9.18 Å². The molecule has 0 saturated heterocycles. The number of rotatable bonds is 5. The van der Waals surface area contributed by atoms with E-state index in [9.17, 15) is 9.18 Å². The van der Waals surface area contributed by atoms with Crippen LogP contribution in [0, 0.1) is 5.82 Å². The highest BCUT2D eigenvalue weighted by Gasteiger charge is 2.25. The third-order valence-electron chi connectivity index (χ3n) is 4.01. The zero-order valence-corrected chi connectivity index (χ0v) is 15.9. The van der Waals surface area contributed by atoms with Crippen molar-refractivity contribution in [3.63, 3.8) is 0 Å². The van der Waals surface area contributed by atoms with E-state index in [0.29, 0.717) is 24.3 Å². The van der Waals surface area contributed by atoms with Gasteiger partial charge in [-0.25, -0.2) is 4.39 Å². The number of aromatic amines is 1. The van der Waals surface area contributed by atoms with Crippen LogP contribution in [-0.2, 0) is 19.5 Å². The minimum Gasteiger partial charge on any atom is -0.329 e. The van der Waals surface area contributed by atoms with Gasteiger partial charge in [0.1, 0.15) is 5.82 Å². The lowest BCUT2D eigenvalue weighted by Crippen LogP contribution is -2.33. The number of hydrogen-bond acceptors (Lipinski definition) is 3. The van der Waals surface area contributed by atoms with Gasteiger partial charge in [-0.3, -0.25) is 9.89 Å². The Morgan fingerprint density at radius 1 is 1.48 bits per heavy atom. The normalized spacial score (nSPS) is 12.9. The Balaban J connectivity index is 0.00000225. The van der Waals surface area contributed by atoms with Crippen molar-refractivity contribution in [2.75, 3.05) is 13.1 Å². The van der Waals surface area contributed by atoms with Crippen LogP contribution in [0.3, 0.4) is 0 Å². The van der Waals surface area contributed by atoms with Gasteiger partial charge in [0.2, 0.25) is 0 Å². The summed E-state index contributed by atoms with van der Waals surface area (Å²) in [5.74, 6) is -0.568. The molecule has 134 valence electrons. The Hall–Kier alpha value is -1.70. The molecule has 0 unspecified atom stereocenters. The lowest BCUT2D eigenvalue weighted by Gasteiger charge is -2.22. The number of nitrogens with one attached hydrogen (secondary N) is 2. The van der Waals surface area contributed by atoms with Crippen LogP contribution in [0.5, 0.6) is 0 Å². The number of aromatic nitrogens is 2. The molecule has 25 heavy (non-hydrogen) atoms. The van der Waals surface area contributed by atoms with Gasteiger partial charge in [0.05, 0.1) is 0 Å². The number of benzene rings is 1. The van der Waals surface area contributed by atoms with Gasteiger partial charge in [0.15, 0.2) is 5.69 Å². The van der Waals surface area contributed by atoms with Crippen molar-refractivity contribution in [1.82, 2.24) is 20.4 Å². The maximum absolute atomic E-state index is 14.0. The number of H-pyrrole nitrogens is 1. The van der Waals surface area contributed by atoms with Gasteiger partial charge >= 0.3 is 0 Å². The fraction of sp³-hybridized carbons (Fsp3) is 0.294. The highest BCUT2D eigenvalue weighted by atomic mass is 79.9. The number of hydrogen-bond donors (Lipinski definition) is 2. The molecular weight excluding hydrogens is 411 g/mol. The SMILES string of the molecule is C=CCN(Cc1cc(Br)ccc1F)C(=O)c1n[nH]c2c1CNCC2.Cl. The summed E-state index contributed by atoms with van der Waals surface area (Å²) in [6, 6.07) is 4.70. The summed E-state index contributed by atoms with van der Waals surface area (Å²) < 4.78 is 14.8. The number of carbonyl (C=O) groups is 1. The zero-order valence-electron chi connectivity index (χ0n) is 13.5. The number of halogens is 3. The van der Waals surface area contributed by atoms with Gasteiger partial charge < -0.3 is 10.2 Å². The van der Waals surface area contributed by atoms with Crippen molar-refractivity contribution in [3.05, 3.63) is 63.7 Å². The Kier molecular flexibility index (Phi) is 6.75. The lowest BCUT2D eigenvalue weighted by atomic mass is 10.1. The van der Waals surface area contributed by atoms with E-state index >= 15 is 0 Å². The van der Waals surface area contributed by atoms with Crippen molar-refractivity contribution in [2.45, 2.75) is 19.5 Å². The summed E-state index contributed by atoms with van der Waals surface area (Å²) in [6.07, 6.45) is 2.45. The second kappa shape index (κ2) is 8.60. The third-order valence-corrected chi connectivity index (χ3v) is 4.51. The van der Waals surface area contributed by atoms with E-state index in [1.807, 2.05) is 0 Å². The quantitative estimate of drug-likeness (QED) is 0.718. The molecular formula is C17H19BrClFN4O. The van der Waals surface area contributed by atoms with Crippen molar-refractivity contribution in [3.8, 4) is 0 Å². The highest BCUT2D eigenvalue weighted by Crippen LogP contribution is 2.21. The van der Waals surface area contributed by atoms with Gasteiger partial charge in [-0.2, -0.15) is 5.10 Å². The molecule has 0 fully saturated rings. The van der Waals surface area contributed by atoms with E-state index < -0.39 is 0 Å². The molecule has 0 atom stereocenters. The maximum Gasteiger partial charge on any atom is 0.275 e. The summed E-state index contributed by atoms with van der Waals surface area (Å²) in [5, 5.41) is 10.4. The van der Waals surface area contributed by atoms with Gasteiger partial charge in [-0.1, -0.05) is 22.0 Å². The van der Waals surface area contributed by atoms with Crippen LogP contribution in [0.2, 0.25) is 0 Å². The van der Waals surface area contributed by atoms with E-state index in [1.54, 1.807) is 23.1 Å². The molecule has 3 rings (SSSR count). The standard InChI is InChI=1S/C17H18BrFN4O.ClH/c1-2-7-23(10-11-8-12(18)3-4-14(11)19)17(24)16-13-9-20-6-5-15(13)21-22-16;/h2-4,8,20H,1,5-7,9-10H2,(H,21,22);1H. The molecule has 0 radical (unpaired) electrons. The average Bonchev–Trinajstić information content (AvgIpc) is 3.01. The molecule has 2 N–H and O–H groups in total. The first-order valence-electron chi connectivity index (χ1n) is 7.71. The van der Waals surface area contributed by atoms with E-state index in [4.69, 9.17) is 0 Å². The lowest BCUT2D eigenvalue weighted by molar-refractivity contribution is 0.0754. The summed E-state index contributed by atoms with van der Waals surface area (Å²) >= 11 is 3.33. The van der Waals surface area contributed by atoms with Crippen LogP contribution < -0.4 is 5.32 Å². The molecule has 1 aliphatic rings. The minimum absolute atomic E-state index is 0. The van der Waals surface area contributed by atoms with Crippen LogP contribution in [0.25, 0.3) is 0 Å². The average molecular weight is 430 g/mol. The Morgan fingerprint density at radius 3 is 3.04 bits per heavy atom. The van der Waals surface area contributed by atoms with Gasteiger partial charge in [-0.05, 0) is 18.2 Å². The van der Waals surface area contributed by atoms with Crippen molar-refractivity contribution >= 4 is 34.2 Å². The molecule has 2 aromatic rings. The summed E-state index contributed by atoms with van der Waals surface area (Å²) in [4.78, 5) is 14.4. The summed E-state index contributed by atoms with van der Waals surface area (Å²) in [5.41, 5.74) is 2.73. The first-order valence-corrected chi connectivity index (χ1v) is 8.50. The third kappa shape index (κ3) is 4.29. The zero-order chi connectivity index (χ0) is 17.1. The Morgan fingerprint density at radius 2 is 2.28 bits per heavy atom. The molecule has 0 aliphatic carbocycles. The molecule has 2 heterocycles. The van der Waals surface area contributed by atoms with E-state index in [0.717, 1.165) is 28.7 Å². The molecule has 1 aromatic heterocycles. The largest absolute Gasteiger partial charge is 0.329 e. The second-order valence-electron chi connectivity index (χ2n) is 5.67. The molecule has 1 aromatic carbocycles. The Labute approximate surface area is 160 Å². The monoisotopic (exact) mass is 428 g/mol. The predicted molar refractivity (Wildman–Crippen MR) is 100 cm³/mol. The molecule has 1 amide bonds. The van der Waals surface area contributed by atoms with Crippen LogP contribution in [0.15, 0.2) is 35.3 Å². The number of nitrogens with zero attached hydrogens (tertiary/aromatic N) is 2. The van der Waals surface area contributed by atoms with Crippen LogP contribution in [0.4, 0.5) is 4.39 Å². The van der Waals surface area contributed by atoms with E-state index in [-0.39, 0.29) is 30.7 Å². The Bertz CT molecular complexity index is 780. The van der Waals surface area contributed by atoms with Crippen molar-refractivity contribution in [1.29, 1.82) is 0 Å². The fourth-order valence-electron chi connectivity index (χ4n) is 2.80. The predicted octanol–water partition coefficient (Wildman–Crippen LogP) is 3.21. The van der Waals surface area contributed by atoms with Crippen LogP contribution >= 0.6 is 28.3 Å².